The largest absolute Gasteiger partial charge is 0.123 e. The number of benzene rings is 1. The van der Waals surface area contributed by atoms with E-state index < -0.39 is 0 Å². The minimum absolute atomic E-state index is 0.188. The number of alkyl halides is 1. The number of rotatable bonds is 4. The Morgan fingerprint density at radius 2 is 1.94 bits per heavy atom. The predicted molar refractivity (Wildman–Crippen MR) is 76.0 cm³/mol. The zero-order chi connectivity index (χ0) is 12.5. The van der Waals surface area contributed by atoms with Crippen molar-refractivity contribution >= 4 is 11.6 Å². The van der Waals surface area contributed by atoms with Gasteiger partial charge in [0.25, 0.3) is 0 Å². The first-order chi connectivity index (χ1) is 8.00. The van der Waals surface area contributed by atoms with E-state index in [1.807, 2.05) is 0 Å². The van der Waals surface area contributed by atoms with Gasteiger partial charge in [0.15, 0.2) is 0 Å². The van der Waals surface area contributed by atoms with Gasteiger partial charge in [-0.2, -0.15) is 0 Å². The quantitative estimate of drug-likeness (QED) is 0.641. The van der Waals surface area contributed by atoms with Crippen molar-refractivity contribution in [3.05, 3.63) is 35.4 Å². The molecule has 1 aliphatic carbocycles. The molecular formula is C16H23Cl. The molecule has 1 atom stereocenters. The maximum Gasteiger partial charge on any atom is 0.0316 e. The molecule has 1 aromatic carbocycles. The predicted octanol–water partition coefficient (Wildman–Crippen LogP) is 5.25. The minimum atomic E-state index is 0.188. The van der Waals surface area contributed by atoms with Crippen molar-refractivity contribution < 1.29 is 0 Å². The standard InChI is InChI=1S/C16H23Cl/c1-12(17)11-16(2,3)15-10-5-4-9-14(15)13-7-6-8-13/h4-5,9-10,12-13H,6-8,11H2,1-3H3. The molecule has 0 nitrogen and oxygen atoms in total. The maximum absolute atomic E-state index is 6.19. The second kappa shape index (κ2) is 5.02. The van der Waals surface area contributed by atoms with Gasteiger partial charge in [-0.05, 0) is 48.6 Å². The maximum atomic E-state index is 6.19. The Labute approximate surface area is 110 Å². The van der Waals surface area contributed by atoms with Gasteiger partial charge in [-0.25, -0.2) is 0 Å². The highest BCUT2D eigenvalue weighted by Gasteiger charge is 2.29. The molecule has 0 spiro atoms. The lowest BCUT2D eigenvalue weighted by Gasteiger charge is -2.34. The van der Waals surface area contributed by atoms with Crippen LogP contribution in [0.2, 0.25) is 0 Å². The lowest BCUT2D eigenvalue weighted by molar-refractivity contribution is 0.401. The van der Waals surface area contributed by atoms with E-state index in [-0.39, 0.29) is 10.8 Å². The average Bonchev–Trinajstić information content (AvgIpc) is 2.13. The number of halogens is 1. The topological polar surface area (TPSA) is 0 Å². The summed E-state index contributed by atoms with van der Waals surface area (Å²) in [7, 11) is 0. The van der Waals surface area contributed by atoms with Gasteiger partial charge < -0.3 is 0 Å². The molecule has 1 aromatic rings. The summed E-state index contributed by atoms with van der Waals surface area (Å²) < 4.78 is 0. The molecule has 0 saturated heterocycles. The van der Waals surface area contributed by atoms with E-state index >= 15 is 0 Å². The molecule has 17 heavy (non-hydrogen) atoms. The Hall–Kier alpha value is -0.490. The number of hydrogen-bond acceptors (Lipinski definition) is 0. The summed E-state index contributed by atoms with van der Waals surface area (Å²) in [6.07, 6.45) is 5.16. The van der Waals surface area contributed by atoms with Crippen LogP contribution in [0, 0.1) is 0 Å². The second-order valence-corrected chi connectivity index (χ2v) is 6.83. The van der Waals surface area contributed by atoms with Crippen LogP contribution in [-0.4, -0.2) is 5.38 Å². The van der Waals surface area contributed by atoms with E-state index in [1.165, 1.54) is 24.8 Å². The van der Waals surface area contributed by atoms with Gasteiger partial charge in [-0.15, -0.1) is 11.6 Å². The van der Waals surface area contributed by atoms with Crippen LogP contribution in [0.3, 0.4) is 0 Å². The van der Waals surface area contributed by atoms with Gasteiger partial charge in [-0.1, -0.05) is 44.5 Å². The molecular weight excluding hydrogens is 228 g/mol. The Balaban J connectivity index is 2.30. The van der Waals surface area contributed by atoms with Gasteiger partial charge in [0, 0.05) is 5.38 Å². The lowest BCUT2D eigenvalue weighted by atomic mass is 9.71. The van der Waals surface area contributed by atoms with E-state index in [4.69, 9.17) is 11.6 Å². The van der Waals surface area contributed by atoms with Gasteiger partial charge in [0.1, 0.15) is 0 Å². The summed E-state index contributed by atoms with van der Waals surface area (Å²) in [5.41, 5.74) is 3.27. The van der Waals surface area contributed by atoms with Gasteiger partial charge in [0.05, 0.1) is 0 Å². The van der Waals surface area contributed by atoms with Crippen LogP contribution in [0.4, 0.5) is 0 Å². The fourth-order valence-corrected chi connectivity index (χ4v) is 3.39. The monoisotopic (exact) mass is 250 g/mol. The molecule has 1 aliphatic rings. The Morgan fingerprint density at radius 3 is 2.47 bits per heavy atom. The summed E-state index contributed by atoms with van der Waals surface area (Å²) >= 11 is 6.19. The summed E-state index contributed by atoms with van der Waals surface area (Å²) in [5, 5.41) is 0.236. The van der Waals surface area contributed by atoms with Crippen LogP contribution in [0.5, 0.6) is 0 Å². The Bertz CT molecular complexity index is 375. The first-order valence-corrected chi connectivity index (χ1v) is 7.18. The zero-order valence-electron chi connectivity index (χ0n) is 11.2. The molecule has 1 fully saturated rings. The molecule has 0 bridgehead atoms. The van der Waals surface area contributed by atoms with Crippen molar-refractivity contribution in [1.82, 2.24) is 0 Å². The average molecular weight is 251 g/mol. The van der Waals surface area contributed by atoms with Crippen LogP contribution < -0.4 is 0 Å². The molecule has 0 N–H and O–H groups in total. The van der Waals surface area contributed by atoms with Crippen LogP contribution in [0.15, 0.2) is 24.3 Å². The highest BCUT2D eigenvalue weighted by atomic mass is 35.5. The van der Waals surface area contributed by atoms with Gasteiger partial charge in [-0.3, -0.25) is 0 Å². The van der Waals surface area contributed by atoms with E-state index in [9.17, 15) is 0 Å². The molecule has 0 aromatic heterocycles. The van der Waals surface area contributed by atoms with E-state index in [0.717, 1.165) is 12.3 Å². The van der Waals surface area contributed by atoms with Crippen molar-refractivity contribution in [1.29, 1.82) is 0 Å². The third kappa shape index (κ3) is 2.85. The van der Waals surface area contributed by atoms with Gasteiger partial charge in [0.2, 0.25) is 0 Å². The number of hydrogen-bond donors (Lipinski definition) is 0. The SMILES string of the molecule is CC(Cl)CC(C)(C)c1ccccc1C1CCC1. The third-order valence-corrected chi connectivity index (χ3v) is 4.18. The molecule has 0 radical (unpaired) electrons. The molecule has 1 heteroatoms. The van der Waals surface area contributed by atoms with Crippen molar-refractivity contribution in [2.75, 3.05) is 0 Å². The molecule has 1 saturated carbocycles. The molecule has 0 aliphatic heterocycles. The molecule has 1 unspecified atom stereocenters. The van der Waals surface area contributed by atoms with Crippen molar-refractivity contribution in [2.24, 2.45) is 0 Å². The Morgan fingerprint density at radius 1 is 1.29 bits per heavy atom. The molecule has 0 heterocycles. The van der Waals surface area contributed by atoms with Gasteiger partial charge >= 0.3 is 0 Å². The van der Waals surface area contributed by atoms with E-state index in [1.54, 1.807) is 5.56 Å². The van der Waals surface area contributed by atoms with Crippen molar-refractivity contribution in [3.63, 3.8) is 0 Å². The van der Waals surface area contributed by atoms with E-state index in [2.05, 4.69) is 45.0 Å². The summed E-state index contributed by atoms with van der Waals surface area (Å²) in [5.74, 6) is 0.802. The van der Waals surface area contributed by atoms with Crippen LogP contribution in [0.25, 0.3) is 0 Å². The molecule has 94 valence electrons. The van der Waals surface area contributed by atoms with E-state index in [0.29, 0.717) is 0 Å². The zero-order valence-corrected chi connectivity index (χ0v) is 11.9. The summed E-state index contributed by atoms with van der Waals surface area (Å²) in [6, 6.07) is 8.96. The first-order valence-electron chi connectivity index (χ1n) is 6.74. The smallest absolute Gasteiger partial charge is 0.0316 e. The highest BCUT2D eigenvalue weighted by molar-refractivity contribution is 6.20. The van der Waals surface area contributed by atoms with Crippen LogP contribution >= 0.6 is 11.6 Å². The minimum Gasteiger partial charge on any atom is -0.123 e. The summed E-state index contributed by atoms with van der Waals surface area (Å²) in [6.45, 7) is 6.74. The summed E-state index contributed by atoms with van der Waals surface area (Å²) in [4.78, 5) is 0. The Kier molecular flexibility index (Phi) is 3.82. The fraction of sp³-hybridized carbons (Fsp3) is 0.625. The third-order valence-electron chi connectivity index (χ3n) is 4.03. The van der Waals surface area contributed by atoms with Crippen LogP contribution in [-0.2, 0) is 5.41 Å². The van der Waals surface area contributed by atoms with Crippen molar-refractivity contribution in [3.8, 4) is 0 Å². The first kappa shape index (κ1) is 13.0. The van der Waals surface area contributed by atoms with Crippen molar-refractivity contribution in [2.45, 2.75) is 63.2 Å². The van der Waals surface area contributed by atoms with Crippen LogP contribution in [0.1, 0.15) is 63.5 Å². The molecule has 0 amide bonds. The normalized spacial score (nSPS) is 18.8. The second-order valence-electron chi connectivity index (χ2n) is 6.08. The highest BCUT2D eigenvalue weighted by Crippen LogP contribution is 2.42. The fourth-order valence-electron chi connectivity index (χ4n) is 3.00. The lowest BCUT2D eigenvalue weighted by Crippen LogP contribution is -2.24. The molecule has 2 rings (SSSR count).